The highest BCUT2D eigenvalue weighted by molar-refractivity contribution is 7.04. The first-order valence-corrected chi connectivity index (χ1v) is 8.27. The van der Waals surface area contributed by atoms with Gasteiger partial charge in [-0.15, -0.1) is 0 Å². The first-order valence-electron chi connectivity index (χ1n) is 7.44. The second kappa shape index (κ2) is 6.72. The number of anilines is 1. The van der Waals surface area contributed by atoms with E-state index in [9.17, 15) is 4.79 Å². The van der Waals surface area contributed by atoms with Gasteiger partial charge in [-0.1, -0.05) is 6.42 Å². The molecule has 1 aliphatic heterocycles. The highest BCUT2D eigenvalue weighted by Gasteiger charge is 2.30. The van der Waals surface area contributed by atoms with Crippen molar-refractivity contribution in [1.29, 1.82) is 0 Å². The van der Waals surface area contributed by atoms with Crippen molar-refractivity contribution in [3.63, 3.8) is 0 Å². The number of nitrogens with two attached hydrogens (primary N) is 1. The first-order chi connectivity index (χ1) is 10.2. The fourth-order valence-electron chi connectivity index (χ4n) is 2.63. The molecule has 2 heterocycles. The zero-order chi connectivity index (χ0) is 14.7. The Morgan fingerprint density at radius 2 is 2.38 bits per heavy atom. The molecule has 6 nitrogen and oxygen atoms in total. The highest BCUT2D eigenvalue weighted by Crippen LogP contribution is 2.27. The Bertz CT molecular complexity index is 490. The van der Waals surface area contributed by atoms with Crippen molar-refractivity contribution in [2.24, 2.45) is 5.92 Å². The van der Waals surface area contributed by atoms with Gasteiger partial charge in [-0.25, -0.2) is 0 Å². The molecule has 7 heteroatoms. The van der Waals surface area contributed by atoms with Gasteiger partial charge < -0.3 is 20.5 Å². The molecule has 2 atom stereocenters. The number of nitrogen functional groups attached to an aromatic ring is 1. The summed E-state index contributed by atoms with van der Waals surface area (Å²) in [5, 5.41) is 4.63. The van der Waals surface area contributed by atoms with E-state index in [0.717, 1.165) is 13.0 Å². The van der Waals surface area contributed by atoms with Crippen LogP contribution in [-0.4, -0.2) is 42.2 Å². The lowest BCUT2D eigenvalue weighted by atomic mass is 9.86. The number of nitrogens with one attached hydrogen (secondary N) is 1. The van der Waals surface area contributed by atoms with Crippen LogP contribution in [0.2, 0.25) is 0 Å². The van der Waals surface area contributed by atoms with E-state index in [2.05, 4.69) is 9.69 Å². The molecule has 0 radical (unpaired) electrons. The van der Waals surface area contributed by atoms with Crippen molar-refractivity contribution in [2.75, 3.05) is 25.6 Å². The van der Waals surface area contributed by atoms with E-state index in [0.29, 0.717) is 24.7 Å². The second-order valence-electron chi connectivity index (χ2n) is 5.73. The average Bonchev–Trinajstić information content (AvgIpc) is 2.85. The van der Waals surface area contributed by atoms with Crippen LogP contribution in [0.4, 0.5) is 5.82 Å². The summed E-state index contributed by atoms with van der Waals surface area (Å²) < 4.78 is 15.4. The summed E-state index contributed by atoms with van der Waals surface area (Å²) in [7, 11) is 0. The molecule has 2 fully saturated rings. The van der Waals surface area contributed by atoms with Gasteiger partial charge >= 0.3 is 0 Å². The van der Waals surface area contributed by atoms with Gasteiger partial charge in [0.25, 0.3) is 5.91 Å². The zero-order valence-electron chi connectivity index (χ0n) is 11.9. The molecule has 0 spiro atoms. The average molecular weight is 311 g/mol. The summed E-state index contributed by atoms with van der Waals surface area (Å²) in [6.45, 7) is 1.96. The first kappa shape index (κ1) is 14.7. The summed E-state index contributed by atoms with van der Waals surface area (Å²) in [5.41, 5.74) is 6.11. The normalized spacial score (nSPS) is 26.3. The number of carbonyl (C=O) groups excluding carboxylic acids is 1. The maximum absolute atomic E-state index is 12.2. The maximum atomic E-state index is 12.2. The lowest BCUT2D eigenvalue weighted by molar-refractivity contribution is -0.0696. The standard InChI is InChI=1S/C14H21N3O3S/c15-13-10(8-21-17-13)14(18)16-11-7-19-5-4-12(11)20-6-9-2-1-3-9/h8-9,11-12H,1-7H2,(H2,15,17)(H,16,18)/t11-,12+/m1/s1. The van der Waals surface area contributed by atoms with Crippen LogP contribution in [0.15, 0.2) is 5.38 Å². The third-order valence-corrected chi connectivity index (χ3v) is 4.87. The van der Waals surface area contributed by atoms with Gasteiger partial charge in [-0.05, 0) is 36.7 Å². The number of aromatic nitrogens is 1. The van der Waals surface area contributed by atoms with Gasteiger partial charge in [0.1, 0.15) is 5.82 Å². The van der Waals surface area contributed by atoms with Crippen molar-refractivity contribution < 1.29 is 14.3 Å². The number of rotatable bonds is 5. The van der Waals surface area contributed by atoms with Crippen molar-refractivity contribution in [2.45, 2.75) is 37.8 Å². The monoisotopic (exact) mass is 311 g/mol. The summed E-state index contributed by atoms with van der Waals surface area (Å²) in [6, 6.07) is -0.120. The second-order valence-corrected chi connectivity index (χ2v) is 6.35. The summed E-state index contributed by atoms with van der Waals surface area (Å²) in [6.07, 6.45) is 4.67. The molecule has 0 aromatic carbocycles. The van der Waals surface area contributed by atoms with Gasteiger partial charge in [-0.2, -0.15) is 4.37 Å². The molecule has 0 unspecified atom stereocenters. The topological polar surface area (TPSA) is 86.5 Å². The third-order valence-electron chi connectivity index (χ3n) is 4.22. The number of hydrogen-bond acceptors (Lipinski definition) is 6. The molecule has 3 N–H and O–H groups in total. The van der Waals surface area contributed by atoms with Crippen LogP contribution in [0.3, 0.4) is 0 Å². The smallest absolute Gasteiger partial charge is 0.256 e. The number of nitrogens with zero attached hydrogens (tertiary/aromatic N) is 1. The fraction of sp³-hybridized carbons (Fsp3) is 0.714. The maximum Gasteiger partial charge on any atom is 0.256 e. The van der Waals surface area contributed by atoms with Gasteiger partial charge in [0.15, 0.2) is 0 Å². The minimum atomic E-state index is -0.200. The Morgan fingerprint density at radius 3 is 3.05 bits per heavy atom. The molecule has 1 amide bonds. The largest absolute Gasteiger partial charge is 0.382 e. The summed E-state index contributed by atoms with van der Waals surface area (Å²) in [5.74, 6) is 0.774. The minimum absolute atomic E-state index is 0.0242. The van der Waals surface area contributed by atoms with E-state index >= 15 is 0 Å². The van der Waals surface area contributed by atoms with Crippen LogP contribution in [0.25, 0.3) is 0 Å². The van der Waals surface area contributed by atoms with Crippen molar-refractivity contribution in [3.05, 3.63) is 10.9 Å². The van der Waals surface area contributed by atoms with Crippen LogP contribution >= 0.6 is 11.5 Å². The SMILES string of the molecule is Nc1nscc1C(=O)N[C@@H]1COCC[C@@H]1OCC1CCC1. The quantitative estimate of drug-likeness (QED) is 0.859. The van der Waals surface area contributed by atoms with E-state index in [-0.39, 0.29) is 23.9 Å². The number of hydrogen-bond donors (Lipinski definition) is 2. The Hall–Kier alpha value is -1.18. The molecule has 2 aliphatic rings. The summed E-state index contributed by atoms with van der Waals surface area (Å²) in [4.78, 5) is 12.2. The molecule has 1 saturated heterocycles. The van der Waals surface area contributed by atoms with Crippen molar-refractivity contribution >= 4 is 23.3 Å². The number of carbonyl (C=O) groups is 1. The van der Waals surface area contributed by atoms with Crippen LogP contribution in [0, 0.1) is 5.92 Å². The highest BCUT2D eigenvalue weighted by atomic mass is 32.1. The minimum Gasteiger partial charge on any atom is -0.382 e. The molecule has 21 heavy (non-hydrogen) atoms. The van der Waals surface area contributed by atoms with E-state index in [1.165, 1.54) is 30.8 Å². The fourth-order valence-corrected chi connectivity index (χ4v) is 3.23. The molecule has 1 aromatic rings. The third kappa shape index (κ3) is 3.53. The molecular formula is C14H21N3O3S. The van der Waals surface area contributed by atoms with Crippen LogP contribution in [0.1, 0.15) is 36.0 Å². The Labute approximate surface area is 128 Å². The predicted molar refractivity (Wildman–Crippen MR) is 80.3 cm³/mol. The van der Waals surface area contributed by atoms with E-state index in [1.54, 1.807) is 5.38 Å². The molecule has 1 aromatic heterocycles. The predicted octanol–water partition coefficient (Wildman–Crippen LogP) is 1.43. The Morgan fingerprint density at radius 1 is 1.52 bits per heavy atom. The molecule has 0 bridgehead atoms. The van der Waals surface area contributed by atoms with Crippen LogP contribution in [-0.2, 0) is 9.47 Å². The van der Waals surface area contributed by atoms with Crippen molar-refractivity contribution in [1.82, 2.24) is 9.69 Å². The van der Waals surface area contributed by atoms with E-state index in [1.807, 2.05) is 0 Å². The molecule has 116 valence electrons. The summed E-state index contributed by atoms with van der Waals surface area (Å²) >= 11 is 1.18. The van der Waals surface area contributed by atoms with Gasteiger partial charge in [-0.3, -0.25) is 4.79 Å². The number of ether oxygens (including phenoxy) is 2. The molecule has 1 saturated carbocycles. The van der Waals surface area contributed by atoms with Crippen LogP contribution < -0.4 is 11.1 Å². The van der Waals surface area contributed by atoms with Gasteiger partial charge in [0.2, 0.25) is 0 Å². The van der Waals surface area contributed by atoms with E-state index in [4.69, 9.17) is 15.2 Å². The number of amides is 1. The molecule has 1 aliphatic carbocycles. The van der Waals surface area contributed by atoms with Gasteiger partial charge in [0, 0.05) is 18.6 Å². The van der Waals surface area contributed by atoms with Crippen molar-refractivity contribution in [3.8, 4) is 0 Å². The Balaban J connectivity index is 1.55. The van der Waals surface area contributed by atoms with Crippen LogP contribution in [0.5, 0.6) is 0 Å². The zero-order valence-corrected chi connectivity index (χ0v) is 12.7. The Kier molecular flexibility index (Phi) is 4.72. The lowest BCUT2D eigenvalue weighted by Gasteiger charge is -2.34. The van der Waals surface area contributed by atoms with Gasteiger partial charge in [0.05, 0.1) is 24.3 Å². The lowest BCUT2D eigenvalue weighted by Crippen LogP contribution is -2.51. The van der Waals surface area contributed by atoms with E-state index < -0.39 is 0 Å². The molecule has 3 rings (SSSR count). The molecular weight excluding hydrogens is 290 g/mol.